The number of nitrogens with zero attached hydrogens (tertiary/aromatic N) is 4. The Morgan fingerprint density at radius 3 is 2.82 bits per heavy atom. The quantitative estimate of drug-likeness (QED) is 0.680. The SMILES string of the molecule is Cc1cnc2c(Cc3cc(F)c(Cl)cc3F)nc(C#N)cn12. The summed E-state index contributed by atoms with van der Waals surface area (Å²) in [6.45, 7) is 1.83. The summed E-state index contributed by atoms with van der Waals surface area (Å²) in [5.74, 6) is -1.33. The minimum absolute atomic E-state index is 0.00932. The number of fused-ring (bicyclic) bond motifs is 1. The predicted octanol–water partition coefficient (Wildman–Crippen LogP) is 3.43. The van der Waals surface area contributed by atoms with Gasteiger partial charge in [0.1, 0.15) is 17.7 Å². The van der Waals surface area contributed by atoms with Crippen molar-refractivity contribution in [2.45, 2.75) is 13.3 Å². The van der Waals surface area contributed by atoms with E-state index in [1.807, 2.05) is 13.0 Å². The van der Waals surface area contributed by atoms with Gasteiger partial charge in [-0.25, -0.2) is 18.7 Å². The highest BCUT2D eigenvalue weighted by Gasteiger charge is 2.14. The highest BCUT2D eigenvalue weighted by molar-refractivity contribution is 6.30. The third-order valence-corrected chi connectivity index (χ3v) is 3.60. The minimum atomic E-state index is -0.704. The number of imidazole rings is 1. The first kappa shape index (κ1) is 14.4. The Labute approximate surface area is 129 Å². The van der Waals surface area contributed by atoms with Gasteiger partial charge in [-0.15, -0.1) is 0 Å². The Kier molecular flexibility index (Phi) is 3.51. The van der Waals surface area contributed by atoms with Crippen molar-refractivity contribution < 1.29 is 8.78 Å². The van der Waals surface area contributed by atoms with E-state index in [2.05, 4.69) is 9.97 Å². The van der Waals surface area contributed by atoms with E-state index in [-0.39, 0.29) is 22.7 Å². The number of hydrogen-bond acceptors (Lipinski definition) is 3. The standard InChI is InChI=1S/C15H9ClF2N4/c1-8-6-20-15-14(21-10(5-19)7-22(8)15)3-9-2-13(18)11(16)4-12(9)17/h2,4,6-7H,3H2,1H3. The summed E-state index contributed by atoms with van der Waals surface area (Å²) in [6.07, 6.45) is 3.19. The summed E-state index contributed by atoms with van der Waals surface area (Å²) in [7, 11) is 0. The van der Waals surface area contributed by atoms with E-state index >= 15 is 0 Å². The van der Waals surface area contributed by atoms with Crippen molar-refractivity contribution >= 4 is 17.2 Å². The molecule has 0 fully saturated rings. The number of halogens is 3. The molecule has 7 heteroatoms. The first-order chi connectivity index (χ1) is 10.5. The highest BCUT2D eigenvalue weighted by atomic mass is 35.5. The maximum atomic E-state index is 13.9. The van der Waals surface area contributed by atoms with E-state index in [1.165, 1.54) is 0 Å². The van der Waals surface area contributed by atoms with E-state index in [1.54, 1.807) is 16.8 Å². The molecule has 0 amide bonds. The van der Waals surface area contributed by atoms with Crippen LogP contribution in [0.4, 0.5) is 8.78 Å². The van der Waals surface area contributed by atoms with Gasteiger partial charge in [0.05, 0.1) is 10.7 Å². The van der Waals surface area contributed by atoms with Gasteiger partial charge in [-0.05, 0) is 24.6 Å². The predicted molar refractivity (Wildman–Crippen MR) is 76.6 cm³/mol. The topological polar surface area (TPSA) is 54.0 Å². The molecule has 0 radical (unpaired) electrons. The van der Waals surface area contributed by atoms with E-state index in [0.717, 1.165) is 17.8 Å². The number of nitriles is 1. The van der Waals surface area contributed by atoms with Gasteiger partial charge in [0.2, 0.25) is 0 Å². The lowest BCUT2D eigenvalue weighted by molar-refractivity contribution is 0.588. The third-order valence-electron chi connectivity index (χ3n) is 3.31. The maximum absolute atomic E-state index is 13.9. The molecule has 0 unspecified atom stereocenters. The van der Waals surface area contributed by atoms with Crippen LogP contribution >= 0.6 is 11.6 Å². The summed E-state index contributed by atoms with van der Waals surface area (Å²) in [5, 5.41) is 8.78. The molecule has 0 aliphatic heterocycles. The van der Waals surface area contributed by atoms with Gasteiger partial charge in [-0.2, -0.15) is 5.26 Å². The second kappa shape index (κ2) is 5.35. The molecule has 2 aromatic heterocycles. The Bertz CT molecular complexity index is 927. The van der Waals surface area contributed by atoms with Crippen molar-refractivity contribution in [3.8, 4) is 6.07 Å². The monoisotopic (exact) mass is 318 g/mol. The number of aromatic nitrogens is 3. The van der Waals surface area contributed by atoms with Crippen molar-refractivity contribution in [2.75, 3.05) is 0 Å². The minimum Gasteiger partial charge on any atom is -0.300 e. The molecule has 22 heavy (non-hydrogen) atoms. The molecule has 2 heterocycles. The molecule has 0 atom stereocenters. The molecule has 0 spiro atoms. The lowest BCUT2D eigenvalue weighted by Crippen LogP contribution is -2.03. The van der Waals surface area contributed by atoms with Gasteiger partial charge >= 0.3 is 0 Å². The molecule has 0 bridgehead atoms. The first-order valence-electron chi connectivity index (χ1n) is 6.36. The molecule has 0 saturated carbocycles. The molecule has 3 rings (SSSR count). The van der Waals surface area contributed by atoms with Gasteiger partial charge in [0.25, 0.3) is 0 Å². The van der Waals surface area contributed by atoms with Gasteiger partial charge in [0.15, 0.2) is 11.3 Å². The normalized spacial score (nSPS) is 10.9. The van der Waals surface area contributed by atoms with Crippen LogP contribution in [-0.2, 0) is 6.42 Å². The van der Waals surface area contributed by atoms with Crippen LogP contribution in [0, 0.1) is 29.9 Å². The molecule has 4 nitrogen and oxygen atoms in total. The number of hydrogen-bond donors (Lipinski definition) is 0. The Balaban J connectivity index is 2.15. The van der Waals surface area contributed by atoms with Crippen LogP contribution in [0.15, 0.2) is 24.5 Å². The van der Waals surface area contributed by atoms with E-state index in [0.29, 0.717) is 11.3 Å². The zero-order valence-electron chi connectivity index (χ0n) is 11.4. The van der Waals surface area contributed by atoms with Crippen LogP contribution in [0.5, 0.6) is 0 Å². The van der Waals surface area contributed by atoms with Crippen LogP contribution in [0.1, 0.15) is 22.6 Å². The summed E-state index contributed by atoms with van der Waals surface area (Å²) in [6, 6.07) is 3.91. The second-order valence-electron chi connectivity index (χ2n) is 4.81. The Morgan fingerprint density at radius 1 is 1.32 bits per heavy atom. The molecule has 3 aromatic rings. The van der Waals surface area contributed by atoms with Crippen LogP contribution in [0.2, 0.25) is 5.02 Å². The van der Waals surface area contributed by atoms with Crippen molar-refractivity contribution in [1.82, 2.24) is 14.4 Å². The fourth-order valence-corrected chi connectivity index (χ4v) is 2.37. The van der Waals surface area contributed by atoms with Crippen LogP contribution in [0.25, 0.3) is 5.65 Å². The average Bonchev–Trinajstić information content (AvgIpc) is 2.86. The van der Waals surface area contributed by atoms with Crippen LogP contribution < -0.4 is 0 Å². The fraction of sp³-hybridized carbons (Fsp3) is 0.133. The van der Waals surface area contributed by atoms with E-state index in [9.17, 15) is 8.78 Å². The van der Waals surface area contributed by atoms with Gasteiger partial charge in [-0.3, -0.25) is 4.40 Å². The molecule has 1 aromatic carbocycles. The van der Waals surface area contributed by atoms with Gasteiger partial charge in [0, 0.05) is 24.5 Å². The van der Waals surface area contributed by atoms with Crippen molar-refractivity contribution in [3.63, 3.8) is 0 Å². The molecule has 110 valence electrons. The molecule has 0 saturated heterocycles. The summed E-state index contributed by atoms with van der Waals surface area (Å²) in [5.41, 5.74) is 2.00. The number of rotatable bonds is 2. The lowest BCUT2D eigenvalue weighted by atomic mass is 10.1. The lowest BCUT2D eigenvalue weighted by Gasteiger charge is -2.07. The van der Waals surface area contributed by atoms with Crippen molar-refractivity contribution in [2.24, 2.45) is 0 Å². The van der Waals surface area contributed by atoms with E-state index < -0.39 is 11.6 Å². The Hall–Kier alpha value is -2.52. The highest BCUT2D eigenvalue weighted by Crippen LogP contribution is 2.22. The summed E-state index contributed by atoms with van der Waals surface area (Å²) in [4.78, 5) is 8.36. The third kappa shape index (κ3) is 2.40. The molecule has 0 N–H and O–H groups in total. The molecular weight excluding hydrogens is 310 g/mol. The number of benzene rings is 1. The largest absolute Gasteiger partial charge is 0.300 e. The smallest absolute Gasteiger partial charge is 0.159 e. The molecule has 0 aliphatic carbocycles. The fourth-order valence-electron chi connectivity index (χ4n) is 2.22. The van der Waals surface area contributed by atoms with Gasteiger partial charge < -0.3 is 0 Å². The molecular formula is C15H9ClF2N4. The zero-order valence-corrected chi connectivity index (χ0v) is 12.2. The number of aryl methyl sites for hydroxylation is 1. The van der Waals surface area contributed by atoms with Crippen LogP contribution in [-0.4, -0.2) is 14.4 Å². The first-order valence-corrected chi connectivity index (χ1v) is 6.74. The second-order valence-corrected chi connectivity index (χ2v) is 5.22. The summed E-state index contributed by atoms with van der Waals surface area (Å²) >= 11 is 5.54. The molecule has 0 aliphatic rings. The van der Waals surface area contributed by atoms with E-state index in [4.69, 9.17) is 16.9 Å². The maximum Gasteiger partial charge on any atom is 0.159 e. The van der Waals surface area contributed by atoms with Crippen molar-refractivity contribution in [1.29, 1.82) is 5.26 Å². The summed E-state index contributed by atoms with van der Waals surface area (Å²) < 4.78 is 29.2. The van der Waals surface area contributed by atoms with Gasteiger partial charge in [-0.1, -0.05) is 11.6 Å². The Morgan fingerprint density at radius 2 is 2.09 bits per heavy atom. The van der Waals surface area contributed by atoms with Crippen LogP contribution in [0.3, 0.4) is 0 Å². The van der Waals surface area contributed by atoms with Crippen molar-refractivity contribution in [3.05, 3.63) is 63.8 Å². The average molecular weight is 319 g/mol. The zero-order chi connectivity index (χ0) is 15.9.